The normalized spacial score (nSPS) is 32.6. The summed E-state index contributed by atoms with van der Waals surface area (Å²) in [6, 6.07) is 0.449. The van der Waals surface area contributed by atoms with E-state index < -0.39 is 0 Å². The highest BCUT2D eigenvalue weighted by molar-refractivity contribution is 4.84. The van der Waals surface area contributed by atoms with Crippen molar-refractivity contribution in [1.29, 1.82) is 0 Å². The zero-order chi connectivity index (χ0) is 10.6. The highest BCUT2D eigenvalue weighted by Crippen LogP contribution is 2.36. The second kappa shape index (κ2) is 5.75. The molecular weight excluding hydrogens is 170 g/mol. The van der Waals surface area contributed by atoms with Crippen molar-refractivity contribution in [2.24, 2.45) is 23.5 Å². The van der Waals surface area contributed by atoms with Crippen molar-refractivity contribution in [3.05, 3.63) is 0 Å². The van der Waals surface area contributed by atoms with E-state index in [1.54, 1.807) is 0 Å². The molecule has 1 heteroatoms. The van der Waals surface area contributed by atoms with Gasteiger partial charge in [-0.2, -0.15) is 0 Å². The number of nitrogens with two attached hydrogens (primary N) is 1. The van der Waals surface area contributed by atoms with Crippen molar-refractivity contribution in [2.45, 2.75) is 65.3 Å². The van der Waals surface area contributed by atoms with Crippen LogP contribution >= 0.6 is 0 Å². The molecule has 1 rings (SSSR count). The van der Waals surface area contributed by atoms with Crippen LogP contribution in [0.25, 0.3) is 0 Å². The lowest BCUT2D eigenvalue weighted by atomic mass is 9.71. The molecule has 0 bridgehead atoms. The van der Waals surface area contributed by atoms with Crippen molar-refractivity contribution in [3.63, 3.8) is 0 Å². The van der Waals surface area contributed by atoms with Gasteiger partial charge >= 0.3 is 0 Å². The third kappa shape index (κ3) is 2.73. The monoisotopic (exact) mass is 197 g/mol. The van der Waals surface area contributed by atoms with Crippen molar-refractivity contribution >= 4 is 0 Å². The van der Waals surface area contributed by atoms with Gasteiger partial charge in [-0.05, 0) is 24.2 Å². The van der Waals surface area contributed by atoms with E-state index >= 15 is 0 Å². The molecule has 1 aliphatic rings. The average molecular weight is 197 g/mol. The van der Waals surface area contributed by atoms with Crippen LogP contribution in [0.3, 0.4) is 0 Å². The summed E-state index contributed by atoms with van der Waals surface area (Å²) in [5.74, 6) is 2.42. The molecule has 0 aromatic rings. The van der Waals surface area contributed by atoms with Gasteiger partial charge < -0.3 is 5.73 Å². The SMILES string of the molecule is CCC1CCCCC1[C@@H](N)C(C)CC. The molecule has 1 nitrogen and oxygen atoms in total. The summed E-state index contributed by atoms with van der Waals surface area (Å²) < 4.78 is 0. The van der Waals surface area contributed by atoms with E-state index in [0.717, 1.165) is 11.8 Å². The second-order valence-corrected chi connectivity index (χ2v) is 5.08. The van der Waals surface area contributed by atoms with Crippen LogP contribution in [-0.2, 0) is 0 Å². The molecule has 3 unspecified atom stereocenters. The van der Waals surface area contributed by atoms with Crippen LogP contribution in [0.1, 0.15) is 59.3 Å². The second-order valence-electron chi connectivity index (χ2n) is 5.08. The first-order valence-corrected chi connectivity index (χ1v) is 6.46. The van der Waals surface area contributed by atoms with Crippen LogP contribution in [0.5, 0.6) is 0 Å². The van der Waals surface area contributed by atoms with Crippen LogP contribution < -0.4 is 5.73 Å². The van der Waals surface area contributed by atoms with Gasteiger partial charge in [0.05, 0.1) is 0 Å². The predicted octanol–water partition coefficient (Wildman–Crippen LogP) is 3.58. The first-order valence-electron chi connectivity index (χ1n) is 6.46. The molecule has 0 heterocycles. The maximum atomic E-state index is 6.37. The van der Waals surface area contributed by atoms with Gasteiger partial charge in [0.15, 0.2) is 0 Å². The fraction of sp³-hybridized carbons (Fsp3) is 1.00. The highest BCUT2D eigenvalue weighted by atomic mass is 14.7. The van der Waals surface area contributed by atoms with Gasteiger partial charge in [-0.3, -0.25) is 0 Å². The maximum absolute atomic E-state index is 6.37. The van der Waals surface area contributed by atoms with Gasteiger partial charge in [-0.1, -0.05) is 52.9 Å². The number of hydrogen-bond donors (Lipinski definition) is 1. The van der Waals surface area contributed by atoms with Crippen LogP contribution in [0.4, 0.5) is 0 Å². The zero-order valence-corrected chi connectivity index (χ0v) is 10.1. The molecule has 0 saturated heterocycles. The third-order valence-corrected chi connectivity index (χ3v) is 4.29. The largest absolute Gasteiger partial charge is 0.327 e. The minimum absolute atomic E-state index is 0.449. The molecule has 14 heavy (non-hydrogen) atoms. The highest BCUT2D eigenvalue weighted by Gasteiger charge is 2.30. The molecule has 0 amide bonds. The van der Waals surface area contributed by atoms with Crippen molar-refractivity contribution in [2.75, 3.05) is 0 Å². The lowest BCUT2D eigenvalue weighted by Gasteiger charge is -2.37. The molecule has 0 aromatic heterocycles. The maximum Gasteiger partial charge on any atom is 0.00955 e. The van der Waals surface area contributed by atoms with E-state index in [9.17, 15) is 0 Å². The van der Waals surface area contributed by atoms with Gasteiger partial charge in [0, 0.05) is 6.04 Å². The Hall–Kier alpha value is -0.0400. The van der Waals surface area contributed by atoms with E-state index in [-0.39, 0.29) is 0 Å². The Bertz CT molecular complexity index is 155. The number of rotatable bonds is 4. The molecule has 0 radical (unpaired) electrons. The van der Waals surface area contributed by atoms with E-state index in [2.05, 4.69) is 20.8 Å². The topological polar surface area (TPSA) is 26.0 Å². The van der Waals surface area contributed by atoms with Gasteiger partial charge in [-0.15, -0.1) is 0 Å². The standard InChI is InChI=1S/C13H27N/c1-4-10(3)13(14)12-9-7-6-8-11(12)5-2/h10-13H,4-9,14H2,1-3H3/t10?,11?,12?,13-/m0/s1. The molecule has 4 atom stereocenters. The first kappa shape index (κ1) is 12.0. The molecule has 1 saturated carbocycles. The van der Waals surface area contributed by atoms with Gasteiger partial charge in [0.1, 0.15) is 0 Å². The van der Waals surface area contributed by atoms with Crippen molar-refractivity contribution < 1.29 is 0 Å². The summed E-state index contributed by atoms with van der Waals surface area (Å²) in [6.07, 6.45) is 8.20. The van der Waals surface area contributed by atoms with Crippen LogP contribution in [-0.4, -0.2) is 6.04 Å². The molecule has 2 N–H and O–H groups in total. The fourth-order valence-electron chi connectivity index (χ4n) is 2.94. The zero-order valence-electron chi connectivity index (χ0n) is 10.1. The van der Waals surface area contributed by atoms with Gasteiger partial charge in [-0.25, -0.2) is 0 Å². The third-order valence-electron chi connectivity index (χ3n) is 4.29. The Morgan fingerprint density at radius 2 is 1.86 bits per heavy atom. The summed E-state index contributed by atoms with van der Waals surface area (Å²) in [5, 5.41) is 0. The Morgan fingerprint density at radius 3 is 2.43 bits per heavy atom. The van der Waals surface area contributed by atoms with Crippen molar-refractivity contribution in [3.8, 4) is 0 Å². The fourth-order valence-corrected chi connectivity index (χ4v) is 2.94. The quantitative estimate of drug-likeness (QED) is 0.732. The van der Waals surface area contributed by atoms with Gasteiger partial charge in [0.2, 0.25) is 0 Å². The molecule has 1 aliphatic carbocycles. The minimum Gasteiger partial charge on any atom is -0.327 e. The van der Waals surface area contributed by atoms with E-state index in [1.165, 1.54) is 38.5 Å². The molecule has 0 aromatic carbocycles. The average Bonchev–Trinajstić information content (AvgIpc) is 2.26. The summed E-state index contributed by atoms with van der Waals surface area (Å²) in [6.45, 7) is 6.90. The smallest absolute Gasteiger partial charge is 0.00955 e. The summed E-state index contributed by atoms with van der Waals surface area (Å²) in [4.78, 5) is 0. The predicted molar refractivity (Wildman–Crippen MR) is 63.2 cm³/mol. The summed E-state index contributed by atoms with van der Waals surface area (Å²) in [5.41, 5.74) is 6.37. The Morgan fingerprint density at radius 1 is 1.21 bits per heavy atom. The summed E-state index contributed by atoms with van der Waals surface area (Å²) >= 11 is 0. The van der Waals surface area contributed by atoms with Crippen LogP contribution in [0.15, 0.2) is 0 Å². The summed E-state index contributed by atoms with van der Waals surface area (Å²) in [7, 11) is 0. The first-order chi connectivity index (χ1) is 6.70. The van der Waals surface area contributed by atoms with E-state index in [4.69, 9.17) is 5.73 Å². The van der Waals surface area contributed by atoms with Crippen molar-refractivity contribution in [1.82, 2.24) is 0 Å². The lowest BCUT2D eigenvalue weighted by molar-refractivity contribution is 0.164. The molecule has 0 spiro atoms. The number of hydrogen-bond acceptors (Lipinski definition) is 1. The lowest BCUT2D eigenvalue weighted by Crippen LogP contribution is -2.41. The Balaban J connectivity index is 2.53. The Labute approximate surface area is 89.5 Å². The molecule has 84 valence electrons. The molecular formula is C13H27N. The van der Waals surface area contributed by atoms with Crippen LogP contribution in [0.2, 0.25) is 0 Å². The Kier molecular flexibility index (Phi) is 4.94. The molecule has 1 fully saturated rings. The molecule has 0 aliphatic heterocycles. The van der Waals surface area contributed by atoms with E-state index in [1.807, 2.05) is 0 Å². The van der Waals surface area contributed by atoms with Gasteiger partial charge in [0.25, 0.3) is 0 Å². The van der Waals surface area contributed by atoms with E-state index in [0.29, 0.717) is 12.0 Å². The van der Waals surface area contributed by atoms with Crippen LogP contribution in [0, 0.1) is 17.8 Å². The minimum atomic E-state index is 0.449.